The van der Waals surface area contributed by atoms with Crippen LogP contribution in [0.25, 0.3) is 16.9 Å². The van der Waals surface area contributed by atoms with Gasteiger partial charge < -0.3 is 21.1 Å². The average molecular weight is 384 g/mol. The number of methoxy groups -OCH3 is 1. The molecule has 4 rings (SSSR count). The SMILES string of the molecule is COCCn1nc(-c2cc(N3CCC[C@@H](N)C3)c3c(N)ncnn23)ccc1=O. The van der Waals surface area contributed by atoms with Crippen molar-refractivity contribution in [1.82, 2.24) is 24.4 Å². The van der Waals surface area contributed by atoms with Crippen molar-refractivity contribution >= 4 is 17.0 Å². The van der Waals surface area contributed by atoms with E-state index in [2.05, 4.69) is 20.1 Å². The molecule has 0 radical (unpaired) electrons. The predicted molar refractivity (Wildman–Crippen MR) is 106 cm³/mol. The Bertz CT molecular complexity index is 1040. The Kier molecular flexibility index (Phi) is 4.97. The number of anilines is 2. The largest absolute Gasteiger partial charge is 0.383 e. The van der Waals surface area contributed by atoms with E-state index >= 15 is 0 Å². The summed E-state index contributed by atoms with van der Waals surface area (Å²) in [5, 5.41) is 8.87. The van der Waals surface area contributed by atoms with E-state index in [-0.39, 0.29) is 11.6 Å². The predicted octanol–water partition coefficient (Wildman–Crippen LogP) is 0.109. The standard InChI is InChI=1S/C18H24N8O2/c1-28-8-7-25-16(27)5-4-13(23-25)14-9-15(24-6-2-3-12(19)10-24)17-18(20)21-11-22-26(14)17/h4-5,9,11-12H,2-3,6-8,10,19H2,1H3,(H2,20,21,22)/t12-/m1/s1. The van der Waals surface area contributed by atoms with Crippen molar-refractivity contribution in [3.8, 4) is 11.4 Å². The van der Waals surface area contributed by atoms with E-state index < -0.39 is 0 Å². The van der Waals surface area contributed by atoms with Gasteiger partial charge in [-0.3, -0.25) is 4.79 Å². The Labute approximate surface area is 161 Å². The lowest BCUT2D eigenvalue weighted by atomic mass is 10.1. The van der Waals surface area contributed by atoms with Gasteiger partial charge in [-0.05, 0) is 25.0 Å². The monoisotopic (exact) mass is 384 g/mol. The van der Waals surface area contributed by atoms with Crippen LogP contribution in [0.15, 0.2) is 29.3 Å². The number of hydrogen-bond acceptors (Lipinski definition) is 8. The van der Waals surface area contributed by atoms with Crippen molar-refractivity contribution in [2.45, 2.75) is 25.4 Å². The summed E-state index contributed by atoms with van der Waals surface area (Å²) in [5.74, 6) is 0.392. The van der Waals surface area contributed by atoms with E-state index in [1.807, 2.05) is 6.07 Å². The minimum Gasteiger partial charge on any atom is -0.383 e. The minimum absolute atomic E-state index is 0.118. The Morgan fingerprint density at radius 2 is 2.21 bits per heavy atom. The lowest BCUT2D eigenvalue weighted by Gasteiger charge is -2.32. The van der Waals surface area contributed by atoms with Crippen LogP contribution >= 0.6 is 0 Å². The van der Waals surface area contributed by atoms with Crippen LogP contribution in [0.3, 0.4) is 0 Å². The molecule has 0 aliphatic carbocycles. The number of nitrogens with zero attached hydrogens (tertiary/aromatic N) is 6. The molecule has 1 fully saturated rings. The zero-order valence-corrected chi connectivity index (χ0v) is 15.8. The molecule has 10 heteroatoms. The fourth-order valence-corrected chi connectivity index (χ4v) is 3.62. The summed E-state index contributed by atoms with van der Waals surface area (Å²) in [4.78, 5) is 18.5. The van der Waals surface area contributed by atoms with Gasteiger partial charge in [0.2, 0.25) is 0 Å². The highest BCUT2D eigenvalue weighted by Gasteiger charge is 2.24. The topological polar surface area (TPSA) is 130 Å². The smallest absolute Gasteiger partial charge is 0.266 e. The lowest BCUT2D eigenvalue weighted by Crippen LogP contribution is -2.42. The molecule has 3 aromatic rings. The molecule has 3 aromatic heterocycles. The first kappa shape index (κ1) is 18.4. The second kappa shape index (κ2) is 7.56. The van der Waals surface area contributed by atoms with Gasteiger partial charge in [0.05, 0.1) is 24.5 Å². The van der Waals surface area contributed by atoms with Crippen molar-refractivity contribution in [2.75, 3.05) is 37.4 Å². The number of rotatable bonds is 5. The van der Waals surface area contributed by atoms with Crippen LogP contribution in [-0.4, -0.2) is 57.2 Å². The molecule has 1 aliphatic heterocycles. The molecule has 0 spiro atoms. The summed E-state index contributed by atoms with van der Waals surface area (Å²) in [6, 6.07) is 5.30. The number of nitrogen functional groups attached to an aromatic ring is 1. The van der Waals surface area contributed by atoms with Gasteiger partial charge in [0.15, 0.2) is 5.82 Å². The summed E-state index contributed by atoms with van der Waals surface area (Å²) < 4.78 is 8.18. The highest BCUT2D eigenvalue weighted by Crippen LogP contribution is 2.34. The van der Waals surface area contributed by atoms with Crippen molar-refractivity contribution in [3.05, 3.63) is 34.9 Å². The lowest BCUT2D eigenvalue weighted by molar-refractivity contribution is 0.182. The molecular weight excluding hydrogens is 360 g/mol. The Hall–Kier alpha value is -2.98. The van der Waals surface area contributed by atoms with Crippen LogP contribution < -0.4 is 21.9 Å². The van der Waals surface area contributed by atoms with Gasteiger partial charge in [-0.25, -0.2) is 14.2 Å². The molecule has 148 valence electrons. The van der Waals surface area contributed by atoms with Crippen molar-refractivity contribution < 1.29 is 4.74 Å². The third-order valence-corrected chi connectivity index (χ3v) is 5.00. The fraction of sp³-hybridized carbons (Fsp3) is 0.444. The summed E-state index contributed by atoms with van der Waals surface area (Å²) in [6.45, 7) is 2.41. The van der Waals surface area contributed by atoms with E-state index in [0.717, 1.165) is 42.8 Å². The van der Waals surface area contributed by atoms with Crippen molar-refractivity contribution in [3.63, 3.8) is 0 Å². The summed E-state index contributed by atoms with van der Waals surface area (Å²) >= 11 is 0. The normalized spacial score (nSPS) is 17.4. The first-order valence-corrected chi connectivity index (χ1v) is 9.28. The molecule has 1 saturated heterocycles. The average Bonchev–Trinajstić information content (AvgIpc) is 3.08. The van der Waals surface area contributed by atoms with Crippen LogP contribution in [-0.2, 0) is 11.3 Å². The molecule has 1 atom stereocenters. The zero-order chi connectivity index (χ0) is 19.7. The van der Waals surface area contributed by atoms with Crippen molar-refractivity contribution in [2.24, 2.45) is 5.73 Å². The molecule has 4 heterocycles. The molecule has 4 N–H and O–H groups in total. The van der Waals surface area contributed by atoms with Gasteiger partial charge in [0.25, 0.3) is 5.56 Å². The quantitative estimate of drug-likeness (QED) is 0.634. The summed E-state index contributed by atoms with van der Waals surface area (Å²) in [6.07, 6.45) is 3.44. The number of fused-ring (bicyclic) bond motifs is 1. The first-order valence-electron chi connectivity index (χ1n) is 9.28. The van der Waals surface area contributed by atoms with Crippen LogP contribution in [0.5, 0.6) is 0 Å². The molecule has 28 heavy (non-hydrogen) atoms. The van der Waals surface area contributed by atoms with E-state index in [1.54, 1.807) is 17.7 Å². The second-order valence-electron chi connectivity index (χ2n) is 6.94. The van der Waals surface area contributed by atoms with Crippen LogP contribution in [0.1, 0.15) is 12.8 Å². The van der Waals surface area contributed by atoms with Gasteiger partial charge >= 0.3 is 0 Å². The number of hydrogen-bond donors (Lipinski definition) is 2. The highest BCUT2D eigenvalue weighted by atomic mass is 16.5. The van der Waals surface area contributed by atoms with E-state index in [1.165, 1.54) is 17.1 Å². The van der Waals surface area contributed by atoms with Crippen LogP contribution in [0.2, 0.25) is 0 Å². The maximum atomic E-state index is 12.1. The summed E-state index contributed by atoms with van der Waals surface area (Å²) in [7, 11) is 1.59. The fourth-order valence-electron chi connectivity index (χ4n) is 3.62. The maximum absolute atomic E-state index is 12.1. The molecule has 1 aliphatic rings. The third-order valence-electron chi connectivity index (χ3n) is 5.00. The Morgan fingerprint density at radius 3 is 3.00 bits per heavy atom. The number of ether oxygens (including phenoxy) is 1. The Balaban J connectivity index is 1.84. The van der Waals surface area contributed by atoms with E-state index in [0.29, 0.717) is 24.7 Å². The van der Waals surface area contributed by atoms with Crippen molar-refractivity contribution in [1.29, 1.82) is 0 Å². The first-order chi connectivity index (χ1) is 13.6. The van der Waals surface area contributed by atoms with Gasteiger partial charge in [0, 0.05) is 32.3 Å². The maximum Gasteiger partial charge on any atom is 0.266 e. The molecular formula is C18H24N8O2. The third kappa shape index (κ3) is 3.32. The second-order valence-corrected chi connectivity index (χ2v) is 6.94. The number of piperidine rings is 1. The molecule has 0 bridgehead atoms. The molecule has 0 amide bonds. The van der Waals surface area contributed by atoms with Gasteiger partial charge in [-0.2, -0.15) is 10.2 Å². The number of nitrogens with two attached hydrogens (primary N) is 2. The highest BCUT2D eigenvalue weighted by molar-refractivity contribution is 5.88. The number of aromatic nitrogens is 5. The van der Waals surface area contributed by atoms with Crippen LogP contribution in [0.4, 0.5) is 11.5 Å². The molecule has 0 aromatic carbocycles. The molecule has 10 nitrogen and oxygen atoms in total. The minimum atomic E-state index is -0.182. The van der Waals surface area contributed by atoms with Gasteiger partial charge in [-0.15, -0.1) is 0 Å². The van der Waals surface area contributed by atoms with E-state index in [4.69, 9.17) is 16.2 Å². The zero-order valence-electron chi connectivity index (χ0n) is 15.8. The van der Waals surface area contributed by atoms with Crippen LogP contribution in [0, 0.1) is 0 Å². The molecule has 0 unspecified atom stereocenters. The van der Waals surface area contributed by atoms with E-state index in [9.17, 15) is 4.79 Å². The molecule has 0 saturated carbocycles. The Morgan fingerprint density at radius 1 is 1.36 bits per heavy atom. The van der Waals surface area contributed by atoms with Gasteiger partial charge in [0.1, 0.15) is 17.5 Å². The summed E-state index contributed by atoms with van der Waals surface area (Å²) in [5.41, 5.74) is 15.2. The van der Waals surface area contributed by atoms with Gasteiger partial charge in [-0.1, -0.05) is 0 Å².